The Hall–Kier alpha value is -3.49. The highest BCUT2D eigenvalue weighted by molar-refractivity contribution is 5.88. The number of rotatable bonds is 4. The molecule has 0 N–H and O–H groups in total. The van der Waals surface area contributed by atoms with Crippen molar-refractivity contribution < 1.29 is 9.53 Å². The first-order valence-electron chi connectivity index (χ1n) is 7.74. The average Bonchev–Trinajstić information content (AvgIpc) is 3.31. The molecule has 4 heterocycles. The van der Waals surface area contributed by atoms with Gasteiger partial charge in [-0.05, 0) is 25.1 Å². The van der Waals surface area contributed by atoms with Gasteiger partial charge >= 0.3 is 5.97 Å². The van der Waals surface area contributed by atoms with Crippen molar-refractivity contribution >= 4 is 11.6 Å². The van der Waals surface area contributed by atoms with Gasteiger partial charge < -0.3 is 4.74 Å². The first kappa shape index (κ1) is 15.1. The van der Waals surface area contributed by atoms with E-state index in [4.69, 9.17) is 4.74 Å². The maximum absolute atomic E-state index is 12.1. The normalized spacial score (nSPS) is 11.1. The van der Waals surface area contributed by atoms with E-state index in [1.165, 1.54) is 4.68 Å². The number of hydrogen-bond donors (Lipinski definition) is 0. The number of fused-ring (bicyclic) bond motifs is 1. The summed E-state index contributed by atoms with van der Waals surface area (Å²) in [5, 5.41) is 13.1. The van der Waals surface area contributed by atoms with Gasteiger partial charge in [0.05, 0.1) is 12.3 Å². The minimum Gasteiger partial charge on any atom is -0.461 e. The molecule has 25 heavy (non-hydrogen) atoms. The highest BCUT2D eigenvalue weighted by Crippen LogP contribution is 2.22. The van der Waals surface area contributed by atoms with Crippen molar-refractivity contribution in [2.75, 3.05) is 6.61 Å². The lowest BCUT2D eigenvalue weighted by molar-refractivity contribution is 0.0519. The Morgan fingerprint density at radius 3 is 2.76 bits per heavy atom. The summed E-state index contributed by atoms with van der Waals surface area (Å²) in [6.07, 6.45) is 3.61. The van der Waals surface area contributed by atoms with Crippen LogP contribution in [-0.2, 0) is 11.8 Å². The Balaban J connectivity index is 1.88. The standard InChI is InChI=1S/C16H15N7O2/c1-3-25-15(24)12-10-13(11-7-9-21(2)18-11)23(19-12)16-17-14-6-4-5-8-22(14)20-16/h4-10H,3H2,1-2H3. The van der Waals surface area contributed by atoms with Crippen LogP contribution in [0, 0.1) is 0 Å². The second kappa shape index (κ2) is 5.86. The van der Waals surface area contributed by atoms with Crippen molar-refractivity contribution in [2.24, 2.45) is 7.05 Å². The zero-order chi connectivity index (χ0) is 17.4. The number of aryl methyl sites for hydroxylation is 1. The second-order valence-corrected chi connectivity index (χ2v) is 5.34. The molecule has 0 bridgehead atoms. The Bertz CT molecular complexity index is 1030. The molecule has 0 aromatic carbocycles. The zero-order valence-corrected chi connectivity index (χ0v) is 13.7. The predicted molar refractivity (Wildman–Crippen MR) is 88.3 cm³/mol. The first-order chi connectivity index (χ1) is 12.2. The van der Waals surface area contributed by atoms with Crippen molar-refractivity contribution in [3.05, 3.63) is 48.4 Å². The highest BCUT2D eigenvalue weighted by atomic mass is 16.5. The van der Waals surface area contributed by atoms with Gasteiger partial charge in [-0.15, -0.1) is 5.10 Å². The third kappa shape index (κ3) is 2.65. The van der Waals surface area contributed by atoms with Crippen LogP contribution in [0.1, 0.15) is 17.4 Å². The molecule has 4 rings (SSSR count). The molecule has 9 nitrogen and oxygen atoms in total. The summed E-state index contributed by atoms with van der Waals surface area (Å²) < 4.78 is 9.86. The SMILES string of the molecule is CCOC(=O)c1cc(-c2ccn(C)n2)n(-c2nc3ccccn3n2)n1. The highest BCUT2D eigenvalue weighted by Gasteiger charge is 2.21. The van der Waals surface area contributed by atoms with Gasteiger partial charge in [0.15, 0.2) is 11.3 Å². The van der Waals surface area contributed by atoms with Crippen molar-refractivity contribution in [1.82, 2.24) is 34.2 Å². The molecule has 0 radical (unpaired) electrons. The lowest BCUT2D eigenvalue weighted by atomic mass is 10.3. The summed E-state index contributed by atoms with van der Waals surface area (Å²) in [6, 6.07) is 9.04. The minimum atomic E-state index is -0.498. The van der Waals surface area contributed by atoms with Crippen molar-refractivity contribution in [3.8, 4) is 17.3 Å². The number of ether oxygens (including phenoxy) is 1. The van der Waals surface area contributed by atoms with E-state index in [0.717, 1.165) is 0 Å². The molecule has 0 aliphatic rings. The molecule has 0 unspecified atom stereocenters. The monoisotopic (exact) mass is 337 g/mol. The molecule has 0 saturated carbocycles. The zero-order valence-electron chi connectivity index (χ0n) is 13.7. The molecule has 9 heteroatoms. The predicted octanol–water partition coefficient (Wildman–Crippen LogP) is 1.49. The van der Waals surface area contributed by atoms with Crippen LogP contribution in [0.2, 0.25) is 0 Å². The lowest BCUT2D eigenvalue weighted by Crippen LogP contribution is -2.07. The van der Waals surface area contributed by atoms with Crippen LogP contribution in [0.3, 0.4) is 0 Å². The van der Waals surface area contributed by atoms with Crippen LogP contribution in [0.4, 0.5) is 0 Å². The number of esters is 1. The largest absolute Gasteiger partial charge is 0.461 e. The van der Waals surface area contributed by atoms with E-state index in [1.54, 1.807) is 28.4 Å². The number of carbonyl (C=O) groups excluding carboxylic acids is 1. The van der Waals surface area contributed by atoms with Gasteiger partial charge in [0.25, 0.3) is 5.95 Å². The number of pyridine rings is 1. The van der Waals surface area contributed by atoms with E-state index >= 15 is 0 Å². The molecule has 0 fully saturated rings. The van der Waals surface area contributed by atoms with Crippen molar-refractivity contribution in [1.29, 1.82) is 0 Å². The van der Waals surface area contributed by atoms with E-state index in [0.29, 0.717) is 23.0 Å². The molecule has 4 aromatic rings. The second-order valence-electron chi connectivity index (χ2n) is 5.34. The topological polar surface area (TPSA) is 92.1 Å². The quantitative estimate of drug-likeness (QED) is 0.524. The van der Waals surface area contributed by atoms with Gasteiger partial charge in [-0.2, -0.15) is 19.9 Å². The van der Waals surface area contributed by atoms with E-state index in [-0.39, 0.29) is 12.3 Å². The van der Waals surface area contributed by atoms with Crippen LogP contribution in [0.15, 0.2) is 42.7 Å². The minimum absolute atomic E-state index is 0.182. The number of nitrogens with zero attached hydrogens (tertiary/aromatic N) is 7. The van der Waals surface area contributed by atoms with Crippen molar-refractivity contribution in [2.45, 2.75) is 6.92 Å². The molecular formula is C16H15N7O2. The summed E-state index contributed by atoms with van der Waals surface area (Å²) >= 11 is 0. The molecule has 0 aliphatic carbocycles. The fourth-order valence-corrected chi connectivity index (χ4v) is 2.48. The molecule has 126 valence electrons. The Labute approximate surface area is 142 Å². The van der Waals surface area contributed by atoms with E-state index in [2.05, 4.69) is 20.3 Å². The third-order valence-corrected chi connectivity index (χ3v) is 3.59. The Morgan fingerprint density at radius 1 is 1.16 bits per heavy atom. The van der Waals surface area contributed by atoms with Gasteiger partial charge in [-0.1, -0.05) is 6.07 Å². The summed E-state index contributed by atoms with van der Waals surface area (Å²) in [4.78, 5) is 16.5. The van der Waals surface area contributed by atoms with Gasteiger partial charge in [0.1, 0.15) is 5.69 Å². The maximum atomic E-state index is 12.1. The molecule has 0 atom stereocenters. The van der Waals surface area contributed by atoms with Crippen LogP contribution in [-0.4, -0.2) is 46.7 Å². The van der Waals surface area contributed by atoms with E-state index in [9.17, 15) is 4.79 Å². The summed E-state index contributed by atoms with van der Waals surface area (Å²) in [5.41, 5.74) is 2.13. The summed E-state index contributed by atoms with van der Waals surface area (Å²) in [7, 11) is 1.82. The van der Waals surface area contributed by atoms with Gasteiger partial charge in [-0.3, -0.25) is 4.68 Å². The average molecular weight is 337 g/mol. The van der Waals surface area contributed by atoms with Crippen LogP contribution in [0.5, 0.6) is 0 Å². The van der Waals surface area contributed by atoms with Crippen molar-refractivity contribution in [3.63, 3.8) is 0 Å². The van der Waals surface area contributed by atoms with Crippen LogP contribution < -0.4 is 0 Å². The van der Waals surface area contributed by atoms with Crippen LogP contribution >= 0.6 is 0 Å². The van der Waals surface area contributed by atoms with Gasteiger partial charge in [0, 0.05) is 25.5 Å². The third-order valence-electron chi connectivity index (χ3n) is 3.59. The number of aromatic nitrogens is 7. The Kier molecular flexibility index (Phi) is 3.53. The maximum Gasteiger partial charge on any atom is 0.358 e. The van der Waals surface area contributed by atoms with E-state index in [1.807, 2.05) is 37.5 Å². The van der Waals surface area contributed by atoms with Gasteiger partial charge in [0.2, 0.25) is 0 Å². The summed E-state index contributed by atoms with van der Waals surface area (Å²) in [6.45, 7) is 2.02. The molecule has 4 aromatic heterocycles. The smallest absolute Gasteiger partial charge is 0.358 e. The molecule has 0 amide bonds. The van der Waals surface area contributed by atoms with E-state index < -0.39 is 5.97 Å². The number of carbonyl (C=O) groups is 1. The molecule has 0 spiro atoms. The summed E-state index contributed by atoms with van der Waals surface area (Å²) in [5.74, 6) is -0.149. The fourth-order valence-electron chi connectivity index (χ4n) is 2.48. The fraction of sp³-hybridized carbons (Fsp3) is 0.188. The van der Waals surface area contributed by atoms with Crippen LogP contribution in [0.25, 0.3) is 23.0 Å². The molecular weight excluding hydrogens is 322 g/mol. The Morgan fingerprint density at radius 2 is 2.04 bits per heavy atom. The first-order valence-corrected chi connectivity index (χ1v) is 7.74. The lowest BCUT2D eigenvalue weighted by Gasteiger charge is -1.99. The number of hydrogen-bond acceptors (Lipinski definition) is 6. The van der Waals surface area contributed by atoms with Gasteiger partial charge in [-0.25, -0.2) is 9.31 Å². The molecule has 0 aliphatic heterocycles. The molecule has 0 saturated heterocycles.